The summed E-state index contributed by atoms with van der Waals surface area (Å²) in [5, 5.41) is 3.04. The van der Waals surface area contributed by atoms with Crippen LogP contribution in [0, 0.1) is 5.82 Å². The van der Waals surface area contributed by atoms with E-state index < -0.39 is 5.82 Å². The summed E-state index contributed by atoms with van der Waals surface area (Å²) in [7, 11) is 0. The van der Waals surface area contributed by atoms with E-state index in [-0.39, 0.29) is 17.0 Å². The maximum absolute atomic E-state index is 13.6. The Bertz CT molecular complexity index is 747. The topological polar surface area (TPSA) is 58.1 Å². The zero-order valence-electron chi connectivity index (χ0n) is 13.3. The lowest BCUT2D eigenvalue weighted by atomic mass is 10.0. The van der Waals surface area contributed by atoms with E-state index in [1.54, 1.807) is 6.07 Å². The molecule has 1 fully saturated rings. The lowest BCUT2D eigenvalue weighted by Crippen LogP contribution is -2.44. The van der Waals surface area contributed by atoms with Gasteiger partial charge in [0.15, 0.2) is 0 Å². The second kappa shape index (κ2) is 7.13. The monoisotopic (exact) mass is 348 g/mol. The summed E-state index contributed by atoms with van der Waals surface area (Å²) >= 11 is 5.72. The van der Waals surface area contributed by atoms with Gasteiger partial charge in [-0.25, -0.2) is 14.4 Å². The number of nitrogens with one attached hydrogen (secondary N) is 1. The van der Waals surface area contributed by atoms with Gasteiger partial charge in [0.25, 0.3) is 0 Å². The van der Waals surface area contributed by atoms with Gasteiger partial charge in [-0.2, -0.15) is 0 Å². The lowest BCUT2D eigenvalue weighted by molar-refractivity contribution is -0.119. The third-order valence-corrected chi connectivity index (χ3v) is 4.40. The van der Waals surface area contributed by atoms with Gasteiger partial charge in [0.05, 0.1) is 10.7 Å². The van der Waals surface area contributed by atoms with Crippen LogP contribution in [0.4, 0.5) is 10.2 Å². The summed E-state index contributed by atoms with van der Waals surface area (Å²) in [6.45, 7) is 3.14. The Morgan fingerprint density at radius 3 is 2.71 bits per heavy atom. The molecule has 0 saturated carbocycles. The van der Waals surface area contributed by atoms with E-state index in [4.69, 9.17) is 11.6 Å². The number of anilines is 1. The van der Waals surface area contributed by atoms with Crippen molar-refractivity contribution in [2.24, 2.45) is 0 Å². The number of amides is 1. The molecule has 1 aliphatic heterocycles. The standard InChI is InChI=1S/C17H18ClFN4O/c1-11(24)22-13-4-6-23(7-5-13)17-9-16(20-10-21-17)12-2-3-14(18)15(19)8-12/h2-3,8-10,13H,4-7H2,1H3,(H,22,24). The van der Waals surface area contributed by atoms with Gasteiger partial charge < -0.3 is 10.2 Å². The molecule has 1 saturated heterocycles. The van der Waals surface area contributed by atoms with Gasteiger partial charge in [0.2, 0.25) is 5.91 Å². The molecule has 126 valence electrons. The molecule has 1 aromatic carbocycles. The number of hydrogen-bond acceptors (Lipinski definition) is 4. The summed E-state index contributed by atoms with van der Waals surface area (Å²) in [6.07, 6.45) is 3.22. The van der Waals surface area contributed by atoms with Crippen molar-refractivity contribution in [2.75, 3.05) is 18.0 Å². The normalized spacial score (nSPS) is 15.4. The first-order valence-corrected chi connectivity index (χ1v) is 8.20. The first-order valence-electron chi connectivity index (χ1n) is 7.82. The number of piperidine rings is 1. The Labute approximate surface area is 144 Å². The first kappa shape index (κ1) is 16.6. The number of carbonyl (C=O) groups excluding carboxylic acids is 1. The number of rotatable bonds is 3. The van der Waals surface area contributed by atoms with Crippen molar-refractivity contribution in [1.29, 1.82) is 0 Å². The molecule has 0 atom stereocenters. The Hall–Kier alpha value is -2.21. The van der Waals surface area contributed by atoms with E-state index in [1.165, 1.54) is 25.4 Å². The van der Waals surface area contributed by atoms with Crippen molar-refractivity contribution in [3.8, 4) is 11.3 Å². The lowest BCUT2D eigenvalue weighted by Gasteiger charge is -2.33. The molecule has 5 nitrogen and oxygen atoms in total. The van der Waals surface area contributed by atoms with Gasteiger partial charge in [0.1, 0.15) is 18.0 Å². The van der Waals surface area contributed by atoms with E-state index in [2.05, 4.69) is 20.2 Å². The number of halogens is 2. The van der Waals surface area contributed by atoms with Crippen LogP contribution in [0.25, 0.3) is 11.3 Å². The Morgan fingerprint density at radius 1 is 1.29 bits per heavy atom. The van der Waals surface area contributed by atoms with Crippen molar-refractivity contribution < 1.29 is 9.18 Å². The molecule has 0 unspecified atom stereocenters. The molecule has 1 N–H and O–H groups in total. The van der Waals surface area contributed by atoms with Gasteiger partial charge >= 0.3 is 0 Å². The van der Waals surface area contributed by atoms with E-state index in [9.17, 15) is 9.18 Å². The molecule has 3 rings (SSSR count). The second-order valence-electron chi connectivity index (χ2n) is 5.85. The largest absolute Gasteiger partial charge is 0.356 e. The Balaban J connectivity index is 1.74. The van der Waals surface area contributed by atoms with Crippen molar-refractivity contribution in [1.82, 2.24) is 15.3 Å². The van der Waals surface area contributed by atoms with Crippen LogP contribution in [0.5, 0.6) is 0 Å². The number of benzene rings is 1. The molecule has 2 heterocycles. The minimum atomic E-state index is -0.467. The zero-order valence-corrected chi connectivity index (χ0v) is 14.1. The maximum Gasteiger partial charge on any atom is 0.217 e. The molecule has 7 heteroatoms. The maximum atomic E-state index is 13.6. The fourth-order valence-electron chi connectivity index (χ4n) is 2.87. The third-order valence-electron chi connectivity index (χ3n) is 4.09. The summed E-state index contributed by atoms with van der Waals surface area (Å²) < 4.78 is 13.6. The van der Waals surface area contributed by atoms with Crippen LogP contribution in [-0.4, -0.2) is 35.0 Å². The molecular weight excluding hydrogens is 331 g/mol. The summed E-state index contributed by atoms with van der Waals surface area (Å²) in [5.74, 6) is 0.338. The van der Waals surface area contributed by atoms with Crippen LogP contribution in [0.3, 0.4) is 0 Å². The molecule has 0 spiro atoms. The van der Waals surface area contributed by atoms with Gasteiger partial charge in [-0.3, -0.25) is 4.79 Å². The third kappa shape index (κ3) is 3.82. The van der Waals surface area contributed by atoms with E-state index in [0.29, 0.717) is 11.3 Å². The number of aromatic nitrogens is 2. The minimum Gasteiger partial charge on any atom is -0.356 e. The van der Waals surface area contributed by atoms with Crippen LogP contribution in [0.1, 0.15) is 19.8 Å². The van der Waals surface area contributed by atoms with E-state index >= 15 is 0 Å². The van der Waals surface area contributed by atoms with Crippen LogP contribution < -0.4 is 10.2 Å². The highest BCUT2D eigenvalue weighted by Gasteiger charge is 2.21. The highest BCUT2D eigenvalue weighted by Crippen LogP contribution is 2.26. The van der Waals surface area contributed by atoms with Gasteiger partial charge in [0, 0.05) is 37.7 Å². The van der Waals surface area contributed by atoms with Gasteiger partial charge in [-0.05, 0) is 25.0 Å². The molecule has 0 radical (unpaired) electrons. The van der Waals surface area contributed by atoms with Gasteiger partial charge in [-0.15, -0.1) is 0 Å². The quantitative estimate of drug-likeness (QED) is 0.926. The molecule has 1 amide bonds. The molecule has 1 aliphatic rings. The molecule has 0 bridgehead atoms. The number of nitrogens with zero attached hydrogens (tertiary/aromatic N) is 3. The molecule has 1 aromatic heterocycles. The van der Waals surface area contributed by atoms with Crippen LogP contribution >= 0.6 is 11.6 Å². The van der Waals surface area contributed by atoms with E-state index in [1.807, 2.05) is 6.07 Å². The Morgan fingerprint density at radius 2 is 2.04 bits per heavy atom. The van der Waals surface area contributed by atoms with E-state index in [0.717, 1.165) is 31.7 Å². The Kier molecular flexibility index (Phi) is 4.94. The molecular formula is C17H18ClFN4O. The number of carbonyl (C=O) groups is 1. The molecule has 24 heavy (non-hydrogen) atoms. The highest BCUT2D eigenvalue weighted by molar-refractivity contribution is 6.30. The molecule has 2 aromatic rings. The van der Waals surface area contributed by atoms with Gasteiger partial charge in [-0.1, -0.05) is 17.7 Å². The fraction of sp³-hybridized carbons (Fsp3) is 0.353. The predicted octanol–water partition coefficient (Wildman–Crippen LogP) is 3.04. The van der Waals surface area contributed by atoms with Crippen molar-refractivity contribution in [2.45, 2.75) is 25.8 Å². The minimum absolute atomic E-state index is 0.00235. The van der Waals surface area contributed by atoms with Crippen molar-refractivity contribution in [3.63, 3.8) is 0 Å². The fourth-order valence-corrected chi connectivity index (χ4v) is 2.99. The first-order chi connectivity index (χ1) is 11.5. The second-order valence-corrected chi connectivity index (χ2v) is 6.26. The van der Waals surface area contributed by atoms with Crippen molar-refractivity contribution in [3.05, 3.63) is 41.4 Å². The predicted molar refractivity (Wildman–Crippen MR) is 91.5 cm³/mol. The summed E-state index contributed by atoms with van der Waals surface area (Å²) in [5.41, 5.74) is 1.31. The van der Waals surface area contributed by atoms with Crippen LogP contribution in [0.15, 0.2) is 30.6 Å². The smallest absolute Gasteiger partial charge is 0.217 e. The highest BCUT2D eigenvalue weighted by atomic mass is 35.5. The van der Waals surface area contributed by atoms with Crippen LogP contribution in [0.2, 0.25) is 5.02 Å². The summed E-state index contributed by atoms with van der Waals surface area (Å²) in [4.78, 5) is 21.8. The summed E-state index contributed by atoms with van der Waals surface area (Å²) in [6, 6.07) is 6.69. The number of hydrogen-bond donors (Lipinski definition) is 1. The molecule has 0 aliphatic carbocycles. The SMILES string of the molecule is CC(=O)NC1CCN(c2cc(-c3ccc(Cl)c(F)c3)ncn2)CC1. The average Bonchev–Trinajstić information content (AvgIpc) is 2.58. The van der Waals surface area contributed by atoms with Crippen LogP contribution in [-0.2, 0) is 4.79 Å². The zero-order chi connectivity index (χ0) is 17.1. The average molecular weight is 349 g/mol. The van der Waals surface area contributed by atoms with Crippen molar-refractivity contribution >= 4 is 23.3 Å².